The van der Waals surface area contributed by atoms with Crippen molar-refractivity contribution in [1.29, 1.82) is 0 Å². The number of halogens is 1. The van der Waals surface area contributed by atoms with Crippen LogP contribution in [0.4, 0.5) is 4.39 Å². The number of aliphatic hydroxyl groups is 1. The van der Waals surface area contributed by atoms with E-state index in [1.54, 1.807) is 6.07 Å². The molecule has 0 spiro atoms. The van der Waals surface area contributed by atoms with Crippen molar-refractivity contribution in [2.24, 2.45) is 5.92 Å². The molecule has 1 aliphatic carbocycles. The van der Waals surface area contributed by atoms with Gasteiger partial charge in [-0.15, -0.1) is 0 Å². The van der Waals surface area contributed by atoms with Gasteiger partial charge >= 0.3 is 0 Å². The minimum Gasteiger partial charge on any atom is -0.494 e. The highest BCUT2D eigenvalue weighted by atomic mass is 19.1. The van der Waals surface area contributed by atoms with Gasteiger partial charge in [-0.25, -0.2) is 4.39 Å². The first-order valence-corrected chi connectivity index (χ1v) is 11.8. The Kier molecular flexibility index (Phi) is 9.01. The SMILES string of the molecule is COc1cc([C@@H](C)C[C@H]2CC[C@@H](c3ccc(C(=O)NCCCC(=O)CO)cc3)C2)ccc1F. The Morgan fingerprint density at radius 3 is 2.64 bits per heavy atom. The molecule has 0 saturated heterocycles. The first kappa shape index (κ1) is 24.9. The summed E-state index contributed by atoms with van der Waals surface area (Å²) in [7, 11) is 1.49. The average molecular weight is 456 g/mol. The Hall–Kier alpha value is -2.73. The fourth-order valence-corrected chi connectivity index (χ4v) is 4.79. The van der Waals surface area contributed by atoms with E-state index in [1.165, 1.54) is 25.2 Å². The lowest BCUT2D eigenvalue weighted by atomic mass is 9.88. The van der Waals surface area contributed by atoms with Crippen molar-refractivity contribution in [3.63, 3.8) is 0 Å². The lowest BCUT2D eigenvalue weighted by Crippen LogP contribution is -2.25. The molecule has 33 heavy (non-hydrogen) atoms. The quantitative estimate of drug-likeness (QED) is 0.469. The van der Waals surface area contributed by atoms with E-state index in [0.29, 0.717) is 42.0 Å². The first-order valence-electron chi connectivity index (χ1n) is 11.8. The van der Waals surface area contributed by atoms with Crippen LogP contribution in [0.2, 0.25) is 0 Å². The maximum Gasteiger partial charge on any atom is 0.251 e. The largest absolute Gasteiger partial charge is 0.494 e. The monoisotopic (exact) mass is 455 g/mol. The van der Waals surface area contributed by atoms with Crippen molar-refractivity contribution in [2.45, 2.75) is 57.3 Å². The third kappa shape index (κ3) is 6.87. The highest BCUT2D eigenvalue weighted by Crippen LogP contribution is 2.42. The number of hydrogen-bond donors (Lipinski definition) is 2. The van der Waals surface area contributed by atoms with E-state index < -0.39 is 6.61 Å². The first-order chi connectivity index (χ1) is 15.9. The Morgan fingerprint density at radius 1 is 1.18 bits per heavy atom. The van der Waals surface area contributed by atoms with Gasteiger partial charge in [0.1, 0.15) is 6.61 Å². The lowest BCUT2D eigenvalue weighted by Gasteiger charge is -2.18. The zero-order valence-corrected chi connectivity index (χ0v) is 19.5. The van der Waals surface area contributed by atoms with Crippen LogP contribution in [0.15, 0.2) is 42.5 Å². The molecule has 6 heteroatoms. The molecule has 1 saturated carbocycles. The topological polar surface area (TPSA) is 75.6 Å². The summed E-state index contributed by atoms with van der Waals surface area (Å²) in [5.74, 6) is 1.05. The maximum atomic E-state index is 13.7. The molecule has 0 aromatic heterocycles. The number of carbonyl (C=O) groups excluding carboxylic acids is 2. The molecule has 2 N–H and O–H groups in total. The van der Waals surface area contributed by atoms with Crippen LogP contribution in [0, 0.1) is 11.7 Å². The number of methoxy groups -OCH3 is 1. The van der Waals surface area contributed by atoms with E-state index >= 15 is 0 Å². The summed E-state index contributed by atoms with van der Waals surface area (Å²) in [6, 6.07) is 13.0. The summed E-state index contributed by atoms with van der Waals surface area (Å²) in [6.07, 6.45) is 5.27. The minimum absolute atomic E-state index is 0.147. The summed E-state index contributed by atoms with van der Waals surface area (Å²) >= 11 is 0. The fourth-order valence-electron chi connectivity index (χ4n) is 4.79. The van der Waals surface area contributed by atoms with Crippen LogP contribution in [0.25, 0.3) is 0 Å². The highest BCUT2D eigenvalue weighted by molar-refractivity contribution is 5.94. The van der Waals surface area contributed by atoms with E-state index in [4.69, 9.17) is 9.84 Å². The maximum absolute atomic E-state index is 13.7. The van der Waals surface area contributed by atoms with E-state index in [2.05, 4.69) is 12.2 Å². The Bertz CT molecular complexity index is 944. The predicted octanol–water partition coefficient (Wildman–Crippen LogP) is 4.98. The second-order valence-electron chi connectivity index (χ2n) is 9.08. The standard InChI is InChI=1S/C27H34FNO4/c1-18(22-11-12-25(28)26(16-22)33-2)14-19-5-6-23(15-19)20-7-9-21(10-8-20)27(32)29-13-3-4-24(31)17-30/h7-12,16,18-19,23,30H,3-6,13-15,17H2,1-2H3,(H,29,32)/t18-,19+,23+/m0/s1. The Balaban J connectivity index is 1.48. The molecule has 0 unspecified atom stereocenters. The van der Waals surface area contributed by atoms with Crippen molar-refractivity contribution in [2.75, 3.05) is 20.3 Å². The second-order valence-corrected chi connectivity index (χ2v) is 9.08. The Labute approximate surface area is 195 Å². The second kappa shape index (κ2) is 11.9. The number of aliphatic hydroxyl groups excluding tert-OH is 1. The zero-order valence-electron chi connectivity index (χ0n) is 19.5. The van der Waals surface area contributed by atoms with Gasteiger partial charge in [0.15, 0.2) is 17.3 Å². The molecule has 0 radical (unpaired) electrons. The van der Waals surface area contributed by atoms with Crippen LogP contribution in [0.3, 0.4) is 0 Å². The zero-order chi connectivity index (χ0) is 23.8. The Morgan fingerprint density at radius 2 is 1.94 bits per heavy atom. The lowest BCUT2D eigenvalue weighted by molar-refractivity contribution is -0.121. The van der Waals surface area contributed by atoms with Crippen molar-refractivity contribution in [3.8, 4) is 5.75 Å². The number of rotatable bonds is 11. The van der Waals surface area contributed by atoms with Gasteiger partial charge in [0, 0.05) is 18.5 Å². The summed E-state index contributed by atoms with van der Waals surface area (Å²) in [5.41, 5.74) is 2.98. The number of benzene rings is 2. The van der Waals surface area contributed by atoms with Crippen LogP contribution in [-0.4, -0.2) is 37.1 Å². The molecular formula is C27H34FNO4. The molecule has 3 atom stereocenters. The van der Waals surface area contributed by atoms with Crippen LogP contribution < -0.4 is 10.1 Å². The van der Waals surface area contributed by atoms with Gasteiger partial charge in [0.05, 0.1) is 7.11 Å². The molecule has 1 aliphatic rings. The number of ketones is 1. The number of nitrogens with one attached hydrogen (secondary N) is 1. The third-order valence-corrected chi connectivity index (χ3v) is 6.71. The van der Waals surface area contributed by atoms with Gasteiger partial charge in [0.25, 0.3) is 5.91 Å². The smallest absolute Gasteiger partial charge is 0.251 e. The molecule has 0 heterocycles. The molecular weight excluding hydrogens is 421 g/mol. The van der Waals surface area contributed by atoms with E-state index in [1.807, 2.05) is 30.3 Å². The van der Waals surface area contributed by atoms with E-state index in [-0.39, 0.29) is 23.9 Å². The van der Waals surface area contributed by atoms with Crippen molar-refractivity contribution < 1.29 is 23.8 Å². The summed E-state index contributed by atoms with van der Waals surface area (Å²) in [6.45, 7) is 2.15. The van der Waals surface area contributed by atoms with Gasteiger partial charge in [-0.3, -0.25) is 9.59 Å². The molecule has 5 nitrogen and oxygen atoms in total. The van der Waals surface area contributed by atoms with Gasteiger partial charge in [-0.2, -0.15) is 0 Å². The molecule has 2 aromatic rings. The van der Waals surface area contributed by atoms with Crippen LogP contribution >= 0.6 is 0 Å². The molecule has 2 aromatic carbocycles. The normalized spacial score (nSPS) is 18.7. The average Bonchev–Trinajstić information content (AvgIpc) is 3.30. The van der Waals surface area contributed by atoms with E-state index in [0.717, 1.165) is 24.8 Å². The van der Waals surface area contributed by atoms with Crippen LogP contribution in [-0.2, 0) is 4.79 Å². The summed E-state index contributed by atoms with van der Waals surface area (Å²) in [5, 5.41) is 11.5. The number of ether oxygens (including phenoxy) is 1. The highest BCUT2D eigenvalue weighted by Gasteiger charge is 2.27. The fraction of sp³-hybridized carbons (Fsp3) is 0.481. The number of amides is 1. The number of hydrogen-bond acceptors (Lipinski definition) is 4. The van der Waals surface area contributed by atoms with E-state index in [9.17, 15) is 14.0 Å². The van der Waals surface area contributed by atoms with Gasteiger partial charge in [0.2, 0.25) is 0 Å². The minimum atomic E-state index is -0.447. The van der Waals surface area contributed by atoms with Gasteiger partial charge in [-0.1, -0.05) is 25.1 Å². The predicted molar refractivity (Wildman–Crippen MR) is 126 cm³/mol. The van der Waals surface area contributed by atoms with Crippen molar-refractivity contribution in [1.82, 2.24) is 5.32 Å². The summed E-state index contributed by atoms with van der Waals surface area (Å²) < 4.78 is 18.8. The molecule has 178 valence electrons. The molecule has 1 amide bonds. The van der Waals surface area contributed by atoms with Gasteiger partial charge in [-0.05, 0) is 85.3 Å². The molecule has 1 fully saturated rings. The van der Waals surface area contributed by atoms with Crippen molar-refractivity contribution >= 4 is 11.7 Å². The molecule has 0 bridgehead atoms. The summed E-state index contributed by atoms with van der Waals surface area (Å²) in [4.78, 5) is 23.4. The molecule has 3 rings (SSSR count). The van der Waals surface area contributed by atoms with Gasteiger partial charge < -0.3 is 15.2 Å². The molecule has 0 aliphatic heterocycles. The third-order valence-electron chi connectivity index (χ3n) is 6.71. The van der Waals surface area contributed by atoms with Crippen molar-refractivity contribution in [3.05, 3.63) is 65.0 Å². The number of carbonyl (C=O) groups is 2. The number of Topliss-reactive ketones (excluding diaryl/α,β-unsaturated/α-hetero) is 1. The van der Waals surface area contributed by atoms with Crippen LogP contribution in [0.1, 0.15) is 78.8 Å². The van der Waals surface area contributed by atoms with Crippen LogP contribution in [0.5, 0.6) is 5.75 Å².